The Balaban J connectivity index is 1.08. The molecule has 5 aromatic rings. The van der Waals surface area contributed by atoms with Gasteiger partial charge in [0.25, 0.3) is 0 Å². The molecule has 13 heteroatoms. The van der Waals surface area contributed by atoms with E-state index in [-0.39, 0.29) is 35.8 Å². The molecule has 6 unspecified atom stereocenters. The Labute approximate surface area is 339 Å². The maximum Gasteiger partial charge on any atom is 0.242 e. The number of carbonyl (C=O) groups is 4. The molecule has 10 rings (SSSR count). The lowest BCUT2D eigenvalue weighted by Crippen LogP contribution is -2.51. The summed E-state index contributed by atoms with van der Waals surface area (Å²) in [6.45, 7) is 3.87. The number of imide groups is 2. The van der Waals surface area contributed by atoms with E-state index in [4.69, 9.17) is 21.4 Å². The first-order chi connectivity index (χ1) is 26.8. The maximum atomic E-state index is 15.2. The number of hydrogen-bond donors (Lipinski definition) is 1. The lowest BCUT2D eigenvalue weighted by atomic mass is 9.51. The first-order valence-electron chi connectivity index (χ1n) is 18.5. The minimum atomic E-state index is -1.26. The van der Waals surface area contributed by atoms with Crippen LogP contribution in [0.4, 0.5) is 11.5 Å². The van der Waals surface area contributed by atoms with Gasteiger partial charge in [-0.2, -0.15) is 5.10 Å². The van der Waals surface area contributed by atoms with E-state index in [0.717, 1.165) is 41.7 Å². The van der Waals surface area contributed by atoms with Crippen LogP contribution in [0.1, 0.15) is 30.9 Å². The maximum absolute atomic E-state index is 15.2. The average molecular weight is 850 g/mol. The molecule has 4 amide bonds. The number of benzene rings is 3. The van der Waals surface area contributed by atoms with E-state index in [1.165, 1.54) is 9.80 Å². The summed E-state index contributed by atoms with van der Waals surface area (Å²) in [5.74, 6) is -3.47. The van der Waals surface area contributed by atoms with Crippen molar-refractivity contribution in [3.63, 3.8) is 0 Å². The fourth-order valence-corrected chi connectivity index (χ4v) is 11.7. The molecule has 3 fully saturated rings. The Morgan fingerprint density at radius 1 is 0.964 bits per heavy atom. The number of carbonyl (C=O) groups excluding carboxylic acids is 4. The normalized spacial score (nSPS) is 26.8. The second-order valence-electron chi connectivity index (χ2n) is 15.6. The number of phenols is 1. The number of rotatable bonds is 4. The molecule has 5 heterocycles. The Morgan fingerprint density at radius 3 is 2.54 bits per heavy atom. The number of phenolic OH excluding ortho intramolecular Hbond substituents is 1. The van der Waals surface area contributed by atoms with Crippen molar-refractivity contribution in [2.24, 2.45) is 42.1 Å². The number of thiophene rings is 1. The number of ether oxygens (including phenoxy) is 1. The SMILES string of the molecule is Cc1c(-c2cc(N3C(=O)C4CC5C(=CCC6C(=O)N(c7ccc(Br)cc7)C(=O)C65)C(C5=COc6ccc(O)cc6C5)C4(C)C3=O)n(C)n2)sc2ccc(Cl)cc12. The third kappa shape index (κ3) is 4.94. The summed E-state index contributed by atoms with van der Waals surface area (Å²) < 4.78 is 9.61. The monoisotopic (exact) mass is 848 g/mol. The van der Waals surface area contributed by atoms with E-state index in [1.54, 1.807) is 77.9 Å². The molecule has 0 spiro atoms. The van der Waals surface area contributed by atoms with Crippen LogP contribution in [0.5, 0.6) is 11.5 Å². The number of aromatic nitrogens is 2. The molecule has 1 saturated carbocycles. The Bertz CT molecular complexity index is 2670. The van der Waals surface area contributed by atoms with Gasteiger partial charge < -0.3 is 9.84 Å². The predicted molar refractivity (Wildman–Crippen MR) is 216 cm³/mol. The van der Waals surface area contributed by atoms with Gasteiger partial charge in [-0.25, -0.2) is 4.90 Å². The topological polar surface area (TPSA) is 122 Å². The Kier molecular flexibility index (Phi) is 7.88. The van der Waals surface area contributed by atoms with Gasteiger partial charge in [-0.1, -0.05) is 39.2 Å². The molecule has 2 aromatic heterocycles. The second kappa shape index (κ2) is 12.5. The number of hydrogen-bond acceptors (Lipinski definition) is 8. The molecule has 1 N–H and O–H groups in total. The van der Waals surface area contributed by atoms with Gasteiger partial charge in [-0.15, -0.1) is 11.3 Å². The van der Waals surface area contributed by atoms with E-state index in [2.05, 4.69) is 15.9 Å². The molecule has 3 aliphatic heterocycles. The van der Waals surface area contributed by atoms with Crippen LogP contribution in [0.25, 0.3) is 20.7 Å². The number of allylic oxidation sites excluding steroid dienone is 3. The number of fused-ring (bicyclic) bond motifs is 6. The van der Waals surface area contributed by atoms with Gasteiger partial charge in [0.05, 0.1) is 40.0 Å². The highest BCUT2D eigenvalue weighted by atomic mass is 79.9. The Hall–Kier alpha value is -5.04. The van der Waals surface area contributed by atoms with Gasteiger partial charge in [0.15, 0.2) is 0 Å². The van der Waals surface area contributed by atoms with Crippen LogP contribution >= 0.6 is 38.9 Å². The number of aromatic hydroxyl groups is 1. The zero-order chi connectivity index (χ0) is 38.9. The van der Waals surface area contributed by atoms with Crippen LogP contribution in [0.15, 0.2) is 94.7 Å². The van der Waals surface area contributed by atoms with Crippen LogP contribution in [-0.4, -0.2) is 38.5 Å². The summed E-state index contributed by atoms with van der Waals surface area (Å²) in [6, 6.07) is 19.6. The van der Waals surface area contributed by atoms with Crippen LogP contribution in [0.2, 0.25) is 5.02 Å². The quantitative estimate of drug-likeness (QED) is 0.142. The van der Waals surface area contributed by atoms with Gasteiger partial charge in [0.2, 0.25) is 23.6 Å². The van der Waals surface area contributed by atoms with Crippen molar-refractivity contribution >= 4 is 84.1 Å². The fraction of sp³-hybridized carbons (Fsp3) is 0.279. The van der Waals surface area contributed by atoms with Crippen molar-refractivity contribution in [3.8, 4) is 22.1 Å². The zero-order valence-electron chi connectivity index (χ0n) is 30.5. The van der Waals surface area contributed by atoms with Crippen molar-refractivity contribution < 1.29 is 29.0 Å². The first-order valence-corrected chi connectivity index (χ1v) is 20.5. The highest BCUT2D eigenvalue weighted by molar-refractivity contribution is 9.10. The van der Waals surface area contributed by atoms with E-state index in [0.29, 0.717) is 40.8 Å². The molecular formula is C43H34BrClN4O6S. The molecule has 282 valence electrons. The van der Waals surface area contributed by atoms with Crippen molar-refractivity contribution in [1.82, 2.24) is 9.78 Å². The predicted octanol–water partition coefficient (Wildman–Crippen LogP) is 8.52. The van der Waals surface area contributed by atoms with Gasteiger partial charge in [-0.3, -0.25) is 28.8 Å². The molecule has 10 nitrogen and oxygen atoms in total. The second-order valence-corrected chi connectivity index (χ2v) is 18.0. The van der Waals surface area contributed by atoms with Crippen LogP contribution in [0.3, 0.4) is 0 Å². The summed E-state index contributed by atoms with van der Waals surface area (Å²) in [7, 11) is 1.73. The number of anilines is 2. The summed E-state index contributed by atoms with van der Waals surface area (Å²) in [4.78, 5) is 62.2. The summed E-state index contributed by atoms with van der Waals surface area (Å²) in [5, 5.41) is 16.9. The molecule has 56 heavy (non-hydrogen) atoms. The molecule has 2 saturated heterocycles. The third-order valence-corrected chi connectivity index (χ3v) is 14.8. The molecule has 6 atom stereocenters. The van der Waals surface area contributed by atoms with Crippen molar-refractivity contribution in [1.29, 1.82) is 0 Å². The van der Waals surface area contributed by atoms with E-state index >= 15 is 4.79 Å². The van der Waals surface area contributed by atoms with Gasteiger partial charge in [0.1, 0.15) is 23.0 Å². The highest BCUT2D eigenvalue weighted by Gasteiger charge is 2.68. The van der Waals surface area contributed by atoms with Crippen LogP contribution < -0.4 is 14.5 Å². The molecular weight excluding hydrogens is 816 g/mol. The van der Waals surface area contributed by atoms with E-state index in [9.17, 15) is 19.5 Å². The smallest absolute Gasteiger partial charge is 0.242 e. The van der Waals surface area contributed by atoms with Crippen molar-refractivity contribution in [3.05, 3.63) is 111 Å². The van der Waals surface area contributed by atoms with Crippen molar-refractivity contribution in [2.75, 3.05) is 9.80 Å². The lowest BCUT2D eigenvalue weighted by molar-refractivity contribution is -0.132. The number of aryl methyl sites for hydroxylation is 2. The molecule has 0 radical (unpaired) electrons. The molecule has 3 aromatic carbocycles. The first kappa shape index (κ1) is 35.4. The minimum absolute atomic E-state index is 0.0873. The van der Waals surface area contributed by atoms with Gasteiger partial charge in [-0.05, 0) is 110 Å². The number of nitrogens with zero attached hydrogens (tertiary/aromatic N) is 4. The molecule has 2 aliphatic carbocycles. The zero-order valence-corrected chi connectivity index (χ0v) is 33.6. The summed E-state index contributed by atoms with van der Waals surface area (Å²) >= 11 is 11.3. The van der Waals surface area contributed by atoms with Gasteiger partial charge >= 0.3 is 0 Å². The molecule has 0 bridgehead atoms. The van der Waals surface area contributed by atoms with Crippen molar-refractivity contribution in [2.45, 2.75) is 33.1 Å². The van der Waals surface area contributed by atoms with E-state index < -0.39 is 35.0 Å². The summed E-state index contributed by atoms with van der Waals surface area (Å²) in [5.41, 5.74) is 3.26. The lowest BCUT2D eigenvalue weighted by Gasteiger charge is -2.49. The highest BCUT2D eigenvalue weighted by Crippen LogP contribution is 2.63. The molecule has 5 aliphatic rings. The fourth-order valence-electron chi connectivity index (χ4n) is 10.1. The van der Waals surface area contributed by atoms with Gasteiger partial charge in [0, 0.05) is 45.2 Å². The third-order valence-electron chi connectivity index (χ3n) is 12.7. The minimum Gasteiger partial charge on any atom is -0.508 e. The van der Waals surface area contributed by atoms with Crippen LogP contribution in [0, 0.1) is 41.9 Å². The Morgan fingerprint density at radius 2 is 1.75 bits per heavy atom. The van der Waals surface area contributed by atoms with E-state index in [1.807, 2.05) is 38.1 Å². The largest absolute Gasteiger partial charge is 0.508 e. The average Bonchev–Trinajstić information content (AvgIpc) is 3.85. The van der Waals surface area contributed by atoms with Crippen LogP contribution in [-0.2, 0) is 32.6 Å². The number of halogens is 2. The standard InChI is InChI=1S/C43H34BrClN4O6S/c1-20-29-16-24(45)6-13-34(29)56-38(20)32-18-35(47(3)46-32)49-40(52)31-17-30-27(10-11-28-36(30)41(53)48(39(28)51)25-7-4-23(44)5-8-25)37(43(31,2)42(49)54)22-14-21-15-26(50)9-12-33(21)55-19-22/h4-10,12-13,15-16,18-19,28,30-31,36-37,50H,11,14,17H2,1-3H3. The number of amides is 4. The summed E-state index contributed by atoms with van der Waals surface area (Å²) in [6.07, 6.45) is 4.61.